The van der Waals surface area contributed by atoms with Crippen LogP contribution >= 0.6 is 11.3 Å². The van der Waals surface area contributed by atoms with Crippen LogP contribution in [0.5, 0.6) is 0 Å². The molecule has 3 heterocycles. The molecule has 0 atom stereocenters. The standard InChI is InChI=1S/C21H26N4S/c1-24(14-17-13-22-20-7-3-4-8-21(20)23-17)15-18-9-10-19(26-18)16-25-11-5-2-6-12-25/h3-4,7-10,13H,2,5-6,11-12,14-16H2,1H3. The van der Waals surface area contributed by atoms with Crippen molar-refractivity contribution in [2.45, 2.75) is 38.9 Å². The van der Waals surface area contributed by atoms with Crippen LogP contribution in [0.1, 0.15) is 34.7 Å². The van der Waals surface area contributed by atoms with Gasteiger partial charge in [0.2, 0.25) is 0 Å². The molecule has 0 unspecified atom stereocenters. The fourth-order valence-corrected chi connectivity index (χ4v) is 4.74. The lowest BCUT2D eigenvalue weighted by molar-refractivity contribution is 0.222. The second kappa shape index (κ2) is 8.25. The molecule has 3 aromatic rings. The van der Waals surface area contributed by atoms with Gasteiger partial charge in [0.05, 0.1) is 22.9 Å². The fourth-order valence-electron chi connectivity index (χ4n) is 3.60. The molecule has 0 N–H and O–H groups in total. The first-order chi connectivity index (χ1) is 12.8. The van der Waals surface area contributed by atoms with Gasteiger partial charge in [0, 0.05) is 29.4 Å². The van der Waals surface area contributed by atoms with Gasteiger partial charge in [-0.15, -0.1) is 11.3 Å². The molecule has 26 heavy (non-hydrogen) atoms. The van der Waals surface area contributed by atoms with Crippen LogP contribution in [0.2, 0.25) is 0 Å². The molecular formula is C21H26N4S. The number of hydrogen-bond donors (Lipinski definition) is 0. The lowest BCUT2D eigenvalue weighted by atomic mass is 10.1. The summed E-state index contributed by atoms with van der Waals surface area (Å²) in [5.41, 5.74) is 2.95. The van der Waals surface area contributed by atoms with Crippen molar-refractivity contribution in [1.29, 1.82) is 0 Å². The largest absolute Gasteiger partial charge is 0.298 e. The van der Waals surface area contributed by atoms with Gasteiger partial charge in [-0.05, 0) is 57.2 Å². The molecule has 1 aliphatic rings. The first-order valence-electron chi connectivity index (χ1n) is 9.45. The molecule has 0 saturated carbocycles. The molecule has 0 spiro atoms. The predicted octanol–water partition coefficient (Wildman–Crippen LogP) is 4.31. The zero-order valence-electron chi connectivity index (χ0n) is 15.4. The summed E-state index contributed by atoms with van der Waals surface area (Å²) in [6.45, 7) is 5.41. The Kier molecular flexibility index (Phi) is 5.58. The third-order valence-electron chi connectivity index (χ3n) is 4.90. The molecule has 1 aromatic carbocycles. The Morgan fingerprint density at radius 3 is 2.58 bits per heavy atom. The Morgan fingerprint density at radius 2 is 1.73 bits per heavy atom. The molecule has 1 aliphatic heterocycles. The number of aromatic nitrogens is 2. The van der Waals surface area contributed by atoms with Crippen LogP contribution in [0.25, 0.3) is 11.0 Å². The topological polar surface area (TPSA) is 32.3 Å². The van der Waals surface area contributed by atoms with E-state index in [1.54, 1.807) is 0 Å². The van der Waals surface area contributed by atoms with Crippen molar-refractivity contribution < 1.29 is 0 Å². The van der Waals surface area contributed by atoms with Crippen LogP contribution < -0.4 is 0 Å². The summed E-state index contributed by atoms with van der Waals surface area (Å²) in [6.07, 6.45) is 6.01. The van der Waals surface area contributed by atoms with Crippen LogP contribution in [-0.4, -0.2) is 39.9 Å². The molecule has 136 valence electrons. The molecule has 0 bridgehead atoms. The zero-order chi connectivity index (χ0) is 17.8. The smallest absolute Gasteiger partial charge is 0.0890 e. The van der Waals surface area contributed by atoms with Crippen molar-refractivity contribution >= 4 is 22.4 Å². The lowest BCUT2D eigenvalue weighted by Gasteiger charge is -2.25. The van der Waals surface area contributed by atoms with Gasteiger partial charge in [0.15, 0.2) is 0 Å². The maximum absolute atomic E-state index is 4.73. The van der Waals surface area contributed by atoms with E-state index in [1.165, 1.54) is 42.1 Å². The molecule has 2 aromatic heterocycles. The highest BCUT2D eigenvalue weighted by Crippen LogP contribution is 2.22. The molecule has 1 fully saturated rings. The monoisotopic (exact) mass is 366 g/mol. The average molecular weight is 367 g/mol. The van der Waals surface area contributed by atoms with E-state index in [0.717, 1.165) is 36.4 Å². The quantitative estimate of drug-likeness (QED) is 0.651. The van der Waals surface area contributed by atoms with E-state index >= 15 is 0 Å². The summed E-state index contributed by atoms with van der Waals surface area (Å²) in [4.78, 5) is 17.1. The number of fused-ring (bicyclic) bond motifs is 1. The molecule has 1 saturated heterocycles. The summed E-state index contributed by atoms with van der Waals surface area (Å²) < 4.78 is 0. The van der Waals surface area contributed by atoms with Crippen molar-refractivity contribution in [2.75, 3.05) is 20.1 Å². The van der Waals surface area contributed by atoms with E-state index in [4.69, 9.17) is 4.98 Å². The SMILES string of the molecule is CN(Cc1cnc2ccccc2n1)Cc1ccc(CN2CCCCC2)s1. The van der Waals surface area contributed by atoms with Gasteiger partial charge in [0.1, 0.15) is 0 Å². The summed E-state index contributed by atoms with van der Waals surface area (Å²) in [5.74, 6) is 0. The van der Waals surface area contributed by atoms with Crippen molar-refractivity contribution in [2.24, 2.45) is 0 Å². The van der Waals surface area contributed by atoms with Gasteiger partial charge in [-0.1, -0.05) is 18.6 Å². The third-order valence-corrected chi connectivity index (χ3v) is 5.96. The van der Waals surface area contributed by atoms with E-state index in [1.807, 2.05) is 41.8 Å². The van der Waals surface area contributed by atoms with Gasteiger partial charge in [0.25, 0.3) is 0 Å². The zero-order valence-corrected chi connectivity index (χ0v) is 16.2. The number of likely N-dealkylation sites (tertiary alicyclic amines) is 1. The van der Waals surface area contributed by atoms with Crippen LogP contribution in [0.15, 0.2) is 42.6 Å². The Labute approximate surface area is 159 Å². The molecular weight excluding hydrogens is 340 g/mol. The lowest BCUT2D eigenvalue weighted by Crippen LogP contribution is -2.28. The minimum absolute atomic E-state index is 0.817. The van der Waals surface area contributed by atoms with Crippen LogP contribution in [-0.2, 0) is 19.6 Å². The highest BCUT2D eigenvalue weighted by molar-refractivity contribution is 7.11. The van der Waals surface area contributed by atoms with Gasteiger partial charge >= 0.3 is 0 Å². The molecule has 4 rings (SSSR count). The van der Waals surface area contributed by atoms with E-state index in [0.29, 0.717) is 0 Å². The van der Waals surface area contributed by atoms with Crippen molar-refractivity contribution in [3.63, 3.8) is 0 Å². The number of hydrogen-bond acceptors (Lipinski definition) is 5. The van der Waals surface area contributed by atoms with E-state index in [-0.39, 0.29) is 0 Å². The molecule has 0 amide bonds. The van der Waals surface area contributed by atoms with Gasteiger partial charge in [-0.2, -0.15) is 0 Å². The van der Waals surface area contributed by atoms with Crippen LogP contribution in [0.4, 0.5) is 0 Å². The highest BCUT2D eigenvalue weighted by atomic mass is 32.1. The average Bonchev–Trinajstić information content (AvgIpc) is 3.09. The summed E-state index contributed by atoms with van der Waals surface area (Å²) >= 11 is 1.95. The number of nitrogens with zero attached hydrogens (tertiary/aromatic N) is 4. The Hall–Kier alpha value is -1.82. The number of rotatable bonds is 6. The van der Waals surface area contributed by atoms with Crippen molar-refractivity contribution in [3.05, 3.63) is 58.0 Å². The Bertz CT molecular complexity index is 854. The minimum Gasteiger partial charge on any atom is -0.298 e. The first-order valence-corrected chi connectivity index (χ1v) is 10.3. The first kappa shape index (κ1) is 17.6. The Balaban J connectivity index is 1.34. The van der Waals surface area contributed by atoms with E-state index in [9.17, 15) is 0 Å². The fraction of sp³-hybridized carbons (Fsp3) is 0.429. The van der Waals surface area contributed by atoms with Gasteiger partial charge in [-0.3, -0.25) is 14.8 Å². The highest BCUT2D eigenvalue weighted by Gasteiger charge is 2.12. The van der Waals surface area contributed by atoms with Gasteiger partial charge < -0.3 is 0 Å². The van der Waals surface area contributed by atoms with Crippen molar-refractivity contribution in [1.82, 2.24) is 19.8 Å². The van der Waals surface area contributed by atoms with Crippen molar-refractivity contribution in [3.8, 4) is 0 Å². The Morgan fingerprint density at radius 1 is 0.962 bits per heavy atom. The molecule has 0 aliphatic carbocycles. The summed E-state index contributed by atoms with van der Waals surface area (Å²) in [5, 5.41) is 0. The molecule has 0 radical (unpaired) electrons. The van der Waals surface area contributed by atoms with Crippen LogP contribution in [0, 0.1) is 0 Å². The van der Waals surface area contributed by atoms with E-state index in [2.05, 4.69) is 34.0 Å². The van der Waals surface area contributed by atoms with Crippen LogP contribution in [0.3, 0.4) is 0 Å². The summed E-state index contributed by atoms with van der Waals surface area (Å²) in [7, 11) is 2.15. The predicted molar refractivity (Wildman–Crippen MR) is 108 cm³/mol. The minimum atomic E-state index is 0.817. The second-order valence-corrected chi connectivity index (χ2v) is 8.48. The number of piperidine rings is 1. The second-order valence-electron chi connectivity index (χ2n) is 7.23. The molecule has 5 heteroatoms. The maximum atomic E-state index is 4.73. The van der Waals surface area contributed by atoms with Gasteiger partial charge in [-0.25, -0.2) is 4.98 Å². The number of benzene rings is 1. The van der Waals surface area contributed by atoms with E-state index < -0.39 is 0 Å². The molecule has 4 nitrogen and oxygen atoms in total. The number of para-hydroxylation sites is 2. The summed E-state index contributed by atoms with van der Waals surface area (Å²) in [6, 6.07) is 12.6. The maximum Gasteiger partial charge on any atom is 0.0890 e. The normalized spacial score (nSPS) is 15.8. The number of thiophene rings is 1. The third kappa shape index (κ3) is 4.47.